The summed E-state index contributed by atoms with van der Waals surface area (Å²) < 4.78 is 1.69. The fraction of sp³-hybridized carbons (Fsp3) is 0.273. The molecule has 0 aliphatic carbocycles. The van der Waals surface area contributed by atoms with Crippen molar-refractivity contribution in [3.8, 4) is 0 Å². The minimum atomic E-state index is -0.0903. The number of aromatic nitrogens is 2. The van der Waals surface area contributed by atoms with Crippen LogP contribution in [0.4, 0.5) is 0 Å². The van der Waals surface area contributed by atoms with E-state index >= 15 is 0 Å². The van der Waals surface area contributed by atoms with E-state index in [0.717, 1.165) is 5.52 Å². The van der Waals surface area contributed by atoms with E-state index in [0.29, 0.717) is 12.1 Å². The highest BCUT2D eigenvalue weighted by atomic mass is 79.9. The minimum Gasteiger partial charge on any atom is -0.351 e. The second-order valence-corrected chi connectivity index (χ2v) is 5.14. The van der Waals surface area contributed by atoms with Crippen LogP contribution in [0.3, 0.4) is 0 Å². The topological polar surface area (TPSA) is 46.4 Å². The highest BCUT2D eigenvalue weighted by Crippen LogP contribution is 2.09. The minimum absolute atomic E-state index is 0.0903. The summed E-state index contributed by atoms with van der Waals surface area (Å²) in [5.41, 5.74) is 1.43. The predicted octanol–water partition coefficient (Wildman–Crippen LogP) is 1.85. The molecule has 4 nitrogen and oxygen atoms in total. The van der Waals surface area contributed by atoms with Gasteiger partial charge < -0.3 is 5.32 Å². The number of pyridine rings is 1. The van der Waals surface area contributed by atoms with Gasteiger partial charge in [0.1, 0.15) is 0 Å². The molecule has 0 saturated carbocycles. The molecule has 2 aromatic rings. The molecule has 0 spiro atoms. The molecular formula is C11H12BrN3O. The normalized spacial score (nSPS) is 12.6. The third-order valence-corrected chi connectivity index (χ3v) is 2.54. The lowest BCUT2D eigenvalue weighted by Crippen LogP contribution is -2.28. The highest BCUT2D eigenvalue weighted by Gasteiger charge is 2.11. The van der Waals surface area contributed by atoms with Crippen LogP contribution in [0.2, 0.25) is 0 Å². The zero-order valence-electron chi connectivity index (χ0n) is 8.85. The molecule has 0 aliphatic rings. The number of alkyl halides is 1. The lowest BCUT2D eigenvalue weighted by Gasteiger charge is -2.05. The molecule has 84 valence electrons. The second kappa shape index (κ2) is 4.65. The largest absolute Gasteiger partial charge is 0.351 e. The van der Waals surface area contributed by atoms with Gasteiger partial charge in [-0.15, -0.1) is 0 Å². The van der Waals surface area contributed by atoms with Gasteiger partial charge in [0.25, 0.3) is 5.91 Å². The molecule has 0 saturated heterocycles. The van der Waals surface area contributed by atoms with Gasteiger partial charge in [0, 0.05) is 17.6 Å². The van der Waals surface area contributed by atoms with Crippen molar-refractivity contribution in [1.29, 1.82) is 0 Å². The first-order valence-corrected chi connectivity index (χ1v) is 5.94. The maximum atomic E-state index is 11.8. The molecule has 16 heavy (non-hydrogen) atoms. The van der Waals surface area contributed by atoms with Gasteiger partial charge >= 0.3 is 0 Å². The van der Waals surface area contributed by atoms with Crippen LogP contribution >= 0.6 is 15.9 Å². The Morgan fingerprint density at radius 1 is 1.62 bits per heavy atom. The predicted molar refractivity (Wildman–Crippen MR) is 65.9 cm³/mol. The van der Waals surface area contributed by atoms with Gasteiger partial charge in [-0.25, -0.2) is 4.52 Å². The third-order valence-electron chi connectivity index (χ3n) is 2.22. The molecule has 1 N–H and O–H groups in total. The molecule has 2 heterocycles. The van der Waals surface area contributed by atoms with Crippen LogP contribution in [0.1, 0.15) is 17.3 Å². The number of carbonyl (C=O) groups excluding carboxylic acids is 1. The molecule has 0 bridgehead atoms. The molecule has 2 aromatic heterocycles. The Bertz CT molecular complexity index is 507. The maximum Gasteiger partial charge on any atom is 0.255 e. The third kappa shape index (κ3) is 2.24. The summed E-state index contributed by atoms with van der Waals surface area (Å²) in [6, 6.07) is 5.64. The molecule has 2 rings (SSSR count). The van der Waals surface area contributed by atoms with Crippen LogP contribution in [-0.2, 0) is 0 Å². The van der Waals surface area contributed by atoms with Gasteiger partial charge in [0.2, 0.25) is 0 Å². The Balaban J connectivity index is 2.23. The fourth-order valence-electron chi connectivity index (χ4n) is 1.44. The fourth-order valence-corrected chi connectivity index (χ4v) is 1.60. The van der Waals surface area contributed by atoms with E-state index in [1.165, 1.54) is 0 Å². The number of fused-ring (bicyclic) bond motifs is 1. The number of nitrogens with one attached hydrogen (secondary N) is 1. The Labute approximate surface area is 102 Å². The summed E-state index contributed by atoms with van der Waals surface area (Å²) in [6.07, 6.45) is 3.41. The van der Waals surface area contributed by atoms with E-state index in [2.05, 4.69) is 26.3 Å². The summed E-state index contributed by atoms with van der Waals surface area (Å²) in [5, 5.41) is 6.95. The van der Waals surface area contributed by atoms with Gasteiger partial charge in [0.15, 0.2) is 0 Å². The SMILES string of the molecule is CC(Br)CNC(=O)c1cnn2ccccc12. The van der Waals surface area contributed by atoms with Crippen LogP contribution in [0.5, 0.6) is 0 Å². The second-order valence-electron chi connectivity index (χ2n) is 3.58. The summed E-state index contributed by atoms with van der Waals surface area (Å²) >= 11 is 3.38. The first kappa shape index (κ1) is 11.1. The van der Waals surface area contributed by atoms with Gasteiger partial charge in [-0.2, -0.15) is 5.10 Å². The van der Waals surface area contributed by atoms with Gasteiger partial charge in [-0.3, -0.25) is 4.79 Å². The van der Waals surface area contributed by atoms with Crippen molar-refractivity contribution in [2.75, 3.05) is 6.54 Å². The number of amides is 1. The number of halogens is 1. The van der Waals surface area contributed by atoms with Crippen LogP contribution in [-0.4, -0.2) is 26.9 Å². The number of hydrogen-bond donors (Lipinski definition) is 1. The molecule has 5 heteroatoms. The Morgan fingerprint density at radius 3 is 3.19 bits per heavy atom. The van der Waals surface area contributed by atoms with Gasteiger partial charge in [-0.1, -0.05) is 28.9 Å². The van der Waals surface area contributed by atoms with Crippen molar-refractivity contribution in [1.82, 2.24) is 14.9 Å². The number of carbonyl (C=O) groups is 1. The molecule has 0 fully saturated rings. The first-order chi connectivity index (χ1) is 7.68. The van der Waals surface area contributed by atoms with Crippen molar-refractivity contribution < 1.29 is 4.79 Å². The molecule has 1 amide bonds. The summed E-state index contributed by atoms with van der Waals surface area (Å²) in [4.78, 5) is 12.1. The molecule has 1 unspecified atom stereocenters. The smallest absolute Gasteiger partial charge is 0.255 e. The van der Waals surface area contributed by atoms with Crippen LogP contribution in [0, 0.1) is 0 Å². The molecule has 1 atom stereocenters. The zero-order valence-corrected chi connectivity index (χ0v) is 10.4. The molecule has 0 aliphatic heterocycles. The summed E-state index contributed by atoms with van der Waals surface area (Å²) in [5.74, 6) is -0.0903. The van der Waals surface area contributed by atoms with E-state index in [-0.39, 0.29) is 10.7 Å². The van der Waals surface area contributed by atoms with E-state index in [4.69, 9.17) is 0 Å². The van der Waals surface area contributed by atoms with E-state index < -0.39 is 0 Å². The summed E-state index contributed by atoms with van der Waals surface area (Å²) in [6.45, 7) is 2.58. The van der Waals surface area contributed by atoms with Crippen molar-refractivity contribution in [2.24, 2.45) is 0 Å². The summed E-state index contributed by atoms with van der Waals surface area (Å²) in [7, 11) is 0. The maximum absolute atomic E-state index is 11.8. The van der Waals surface area contributed by atoms with Crippen molar-refractivity contribution in [3.63, 3.8) is 0 Å². The average molecular weight is 282 g/mol. The Morgan fingerprint density at radius 2 is 2.44 bits per heavy atom. The average Bonchev–Trinajstić information content (AvgIpc) is 2.69. The van der Waals surface area contributed by atoms with E-state index in [1.807, 2.05) is 31.3 Å². The highest BCUT2D eigenvalue weighted by molar-refractivity contribution is 9.09. The van der Waals surface area contributed by atoms with E-state index in [9.17, 15) is 4.79 Å². The molecular weight excluding hydrogens is 270 g/mol. The molecule has 0 aromatic carbocycles. The number of nitrogens with zero attached hydrogens (tertiary/aromatic N) is 2. The lowest BCUT2D eigenvalue weighted by atomic mass is 10.2. The van der Waals surface area contributed by atoms with Crippen molar-refractivity contribution in [2.45, 2.75) is 11.8 Å². The molecule has 0 radical (unpaired) electrons. The lowest BCUT2D eigenvalue weighted by molar-refractivity contribution is 0.0956. The standard InChI is InChI=1S/C11H12BrN3O/c1-8(12)6-13-11(16)9-7-14-15-5-3-2-4-10(9)15/h2-5,7-8H,6H2,1H3,(H,13,16). The zero-order chi connectivity index (χ0) is 11.5. The Kier molecular flexibility index (Phi) is 3.24. The van der Waals surface area contributed by atoms with Crippen LogP contribution in [0.25, 0.3) is 5.52 Å². The van der Waals surface area contributed by atoms with Crippen molar-refractivity contribution in [3.05, 3.63) is 36.2 Å². The van der Waals surface area contributed by atoms with E-state index in [1.54, 1.807) is 10.7 Å². The first-order valence-electron chi connectivity index (χ1n) is 5.03. The van der Waals surface area contributed by atoms with Crippen molar-refractivity contribution >= 4 is 27.4 Å². The monoisotopic (exact) mass is 281 g/mol. The Hall–Kier alpha value is -1.36. The van der Waals surface area contributed by atoms with Gasteiger partial charge in [0.05, 0.1) is 17.3 Å². The number of rotatable bonds is 3. The number of hydrogen-bond acceptors (Lipinski definition) is 2. The van der Waals surface area contributed by atoms with Crippen LogP contribution in [0.15, 0.2) is 30.6 Å². The van der Waals surface area contributed by atoms with Crippen LogP contribution < -0.4 is 5.32 Å². The quantitative estimate of drug-likeness (QED) is 0.873. The van der Waals surface area contributed by atoms with Gasteiger partial charge in [-0.05, 0) is 12.1 Å².